The second-order valence-electron chi connectivity index (χ2n) is 2.28. The van der Waals surface area contributed by atoms with Gasteiger partial charge in [-0.3, -0.25) is 9.97 Å². The molecule has 1 aromatic rings. The molecule has 0 unspecified atom stereocenters. The van der Waals surface area contributed by atoms with E-state index in [9.17, 15) is 4.79 Å². The minimum absolute atomic E-state index is 0.121. The first-order chi connectivity index (χ1) is 5.70. The van der Waals surface area contributed by atoms with Crippen molar-refractivity contribution in [1.82, 2.24) is 9.97 Å². The van der Waals surface area contributed by atoms with Crippen LogP contribution in [0.5, 0.6) is 0 Å². The summed E-state index contributed by atoms with van der Waals surface area (Å²) in [4.78, 5) is 18.1. The maximum Gasteiger partial charge on any atom is 0.331 e. The monoisotopic (exact) mass is 164 g/mol. The molecular formula is C8H8N2O2. The van der Waals surface area contributed by atoms with Crippen LogP contribution in [-0.4, -0.2) is 21.0 Å². The number of carboxylic acids is 1. The van der Waals surface area contributed by atoms with Gasteiger partial charge in [0.05, 0.1) is 5.69 Å². The molecule has 1 N–H and O–H groups in total. The largest absolute Gasteiger partial charge is 0.478 e. The van der Waals surface area contributed by atoms with E-state index >= 15 is 0 Å². The van der Waals surface area contributed by atoms with Crippen LogP contribution in [0.1, 0.15) is 5.69 Å². The molecule has 0 atom stereocenters. The van der Waals surface area contributed by atoms with Crippen LogP contribution in [0, 0.1) is 0 Å². The predicted octanol–water partition coefficient (Wildman–Crippen LogP) is 0.660. The number of nitrogens with zero attached hydrogens (tertiary/aromatic N) is 2. The minimum atomic E-state index is -0.999. The number of rotatable bonds is 3. The second-order valence-corrected chi connectivity index (χ2v) is 2.28. The third-order valence-corrected chi connectivity index (χ3v) is 1.31. The highest BCUT2D eigenvalue weighted by molar-refractivity contribution is 5.86. The topological polar surface area (TPSA) is 63.1 Å². The zero-order chi connectivity index (χ0) is 8.97. The number of aliphatic carboxylic acids is 1. The van der Waals surface area contributed by atoms with Crippen LogP contribution in [0.25, 0.3) is 0 Å². The Bertz CT molecular complexity index is 295. The lowest BCUT2D eigenvalue weighted by Crippen LogP contribution is -2.03. The summed E-state index contributed by atoms with van der Waals surface area (Å²) < 4.78 is 0. The van der Waals surface area contributed by atoms with Crippen LogP contribution in [0.3, 0.4) is 0 Å². The minimum Gasteiger partial charge on any atom is -0.478 e. The van der Waals surface area contributed by atoms with E-state index < -0.39 is 5.97 Å². The Morgan fingerprint density at radius 2 is 2.33 bits per heavy atom. The molecule has 0 aliphatic carbocycles. The lowest BCUT2D eigenvalue weighted by Gasteiger charge is -1.97. The highest BCUT2D eigenvalue weighted by atomic mass is 16.4. The number of hydrogen-bond acceptors (Lipinski definition) is 3. The molecule has 0 fully saturated rings. The van der Waals surface area contributed by atoms with Crippen molar-refractivity contribution in [3.63, 3.8) is 0 Å². The maximum absolute atomic E-state index is 10.4. The number of carboxylic acid groups (broad SMARTS) is 1. The van der Waals surface area contributed by atoms with Crippen molar-refractivity contribution >= 4 is 5.97 Å². The van der Waals surface area contributed by atoms with Gasteiger partial charge in [-0.25, -0.2) is 4.79 Å². The summed E-state index contributed by atoms with van der Waals surface area (Å²) in [6.45, 7) is 3.38. The van der Waals surface area contributed by atoms with E-state index in [1.807, 2.05) is 0 Å². The Morgan fingerprint density at radius 3 is 2.83 bits per heavy atom. The molecule has 62 valence electrons. The molecule has 0 amide bonds. The molecule has 0 aliphatic rings. The van der Waals surface area contributed by atoms with Gasteiger partial charge in [-0.05, 0) is 0 Å². The third kappa shape index (κ3) is 2.16. The van der Waals surface area contributed by atoms with Crippen LogP contribution in [0.4, 0.5) is 0 Å². The number of aromatic nitrogens is 2. The lowest BCUT2D eigenvalue weighted by molar-refractivity contribution is -0.132. The summed E-state index contributed by atoms with van der Waals surface area (Å²) in [6.07, 6.45) is 4.81. The van der Waals surface area contributed by atoms with E-state index in [-0.39, 0.29) is 12.0 Å². The average Bonchev–Trinajstić information content (AvgIpc) is 2.06. The van der Waals surface area contributed by atoms with Gasteiger partial charge in [0, 0.05) is 30.6 Å². The zero-order valence-electron chi connectivity index (χ0n) is 6.40. The van der Waals surface area contributed by atoms with Crippen LogP contribution in [0.2, 0.25) is 0 Å². The first-order valence-corrected chi connectivity index (χ1v) is 3.36. The fourth-order valence-electron chi connectivity index (χ4n) is 0.715. The zero-order valence-corrected chi connectivity index (χ0v) is 6.40. The molecule has 1 aromatic heterocycles. The van der Waals surface area contributed by atoms with Crippen LogP contribution in [0.15, 0.2) is 30.7 Å². The molecular weight excluding hydrogens is 156 g/mol. The fourth-order valence-corrected chi connectivity index (χ4v) is 0.715. The van der Waals surface area contributed by atoms with Gasteiger partial charge in [-0.15, -0.1) is 0 Å². The van der Waals surface area contributed by atoms with E-state index in [1.165, 1.54) is 18.6 Å². The Kier molecular flexibility index (Phi) is 2.53. The normalized spacial score (nSPS) is 9.33. The van der Waals surface area contributed by atoms with Gasteiger partial charge in [-0.1, -0.05) is 6.58 Å². The molecule has 0 radical (unpaired) electrons. The molecule has 0 bridgehead atoms. The molecule has 0 aliphatic heterocycles. The Balaban J connectivity index is 2.65. The molecule has 1 heterocycles. The van der Waals surface area contributed by atoms with Gasteiger partial charge in [-0.2, -0.15) is 0 Å². The number of carbonyl (C=O) groups is 1. The van der Waals surface area contributed by atoms with Crippen LogP contribution >= 0.6 is 0 Å². The maximum atomic E-state index is 10.4. The fraction of sp³-hybridized carbons (Fsp3) is 0.125. The highest BCUT2D eigenvalue weighted by Crippen LogP contribution is 2.00. The van der Waals surface area contributed by atoms with Crippen molar-refractivity contribution in [1.29, 1.82) is 0 Å². The smallest absolute Gasteiger partial charge is 0.331 e. The van der Waals surface area contributed by atoms with E-state index in [1.54, 1.807) is 0 Å². The molecule has 0 saturated carbocycles. The Labute approximate surface area is 69.6 Å². The van der Waals surface area contributed by atoms with E-state index in [0.29, 0.717) is 5.69 Å². The quantitative estimate of drug-likeness (QED) is 0.666. The molecule has 4 nitrogen and oxygen atoms in total. The summed E-state index contributed by atoms with van der Waals surface area (Å²) >= 11 is 0. The Morgan fingerprint density at radius 1 is 1.58 bits per heavy atom. The van der Waals surface area contributed by atoms with Gasteiger partial charge in [0.15, 0.2) is 0 Å². The van der Waals surface area contributed by atoms with Crippen molar-refractivity contribution in [3.8, 4) is 0 Å². The van der Waals surface area contributed by atoms with Crippen LogP contribution < -0.4 is 0 Å². The van der Waals surface area contributed by atoms with Crippen molar-refractivity contribution < 1.29 is 9.90 Å². The van der Waals surface area contributed by atoms with Crippen molar-refractivity contribution in [2.75, 3.05) is 0 Å². The summed E-state index contributed by atoms with van der Waals surface area (Å²) in [5, 5.41) is 8.50. The van der Waals surface area contributed by atoms with Crippen molar-refractivity contribution in [3.05, 3.63) is 36.4 Å². The van der Waals surface area contributed by atoms with Gasteiger partial charge in [0.2, 0.25) is 0 Å². The van der Waals surface area contributed by atoms with Crippen molar-refractivity contribution in [2.24, 2.45) is 0 Å². The third-order valence-electron chi connectivity index (χ3n) is 1.31. The van der Waals surface area contributed by atoms with E-state index in [2.05, 4.69) is 16.5 Å². The van der Waals surface area contributed by atoms with Gasteiger partial charge in [0.1, 0.15) is 0 Å². The standard InChI is InChI=1S/C8H8N2O2/c1-6(8(11)12)4-7-5-9-2-3-10-7/h2-3,5H,1,4H2,(H,11,12). The molecule has 0 spiro atoms. The summed E-state index contributed by atoms with van der Waals surface area (Å²) in [5.41, 5.74) is 0.736. The van der Waals surface area contributed by atoms with Crippen molar-refractivity contribution in [2.45, 2.75) is 6.42 Å². The molecule has 4 heteroatoms. The summed E-state index contributed by atoms with van der Waals surface area (Å²) in [7, 11) is 0. The summed E-state index contributed by atoms with van der Waals surface area (Å²) in [5.74, 6) is -0.999. The summed E-state index contributed by atoms with van der Waals surface area (Å²) in [6, 6.07) is 0. The molecule has 12 heavy (non-hydrogen) atoms. The van der Waals surface area contributed by atoms with E-state index in [4.69, 9.17) is 5.11 Å². The van der Waals surface area contributed by atoms with Crippen LogP contribution in [-0.2, 0) is 11.2 Å². The molecule has 0 saturated heterocycles. The lowest BCUT2D eigenvalue weighted by atomic mass is 10.2. The van der Waals surface area contributed by atoms with Gasteiger partial charge in [0.25, 0.3) is 0 Å². The van der Waals surface area contributed by atoms with Gasteiger partial charge < -0.3 is 5.11 Å². The molecule has 1 rings (SSSR count). The van der Waals surface area contributed by atoms with E-state index in [0.717, 1.165) is 0 Å². The first-order valence-electron chi connectivity index (χ1n) is 3.36. The highest BCUT2D eigenvalue weighted by Gasteiger charge is 2.05. The average molecular weight is 164 g/mol. The second kappa shape index (κ2) is 3.61. The molecule has 0 aromatic carbocycles. The Hall–Kier alpha value is -1.71. The predicted molar refractivity (Wildman–Crippen MR) is 42.5 cm³/mol. The SMILES string of the molecule is C=C(Cc1cnccn1)C(=O)O. The first kappa shape index (κ1) is 8.39. The number of hydrogen-bond donors (Lipinski definition) is 1. The van der Waals surface area contributed by atoms with Gasteiger partial charge >= 0.3 is 5.97 Å².